The van der Waals surface area contributed by atoms with Gasteiger partial charge in [0.15, 0.2) is 0 Å². The zero-order valence-electron chi connectivity index (χ0n) is 8.54. The molecule has 0 saturated carbocycles. The summed E-state index contributed by atoms with van der Waals surface area (Å²) in [5.41, 5.74) is 1.69. The van der Waals surface area contributed by atoms with Crippen molar-refractivity contribution < 1.29 is 9.53 Å². The van der Waals surface area contributed by atoms with Gasteiger partial charge in [0.2, 0.25) is 0 Å². The molecule has 1 aromatic carbocycles. The minimum Gasteiger partial charge on any atom is -0.462 e. The van der Waals surface area contributed by atoms with Crippen molar-refractivity contribution in [1.82, 2.24) is 5.32 Å². The predicted molar refractivity (Wildman–Crippen MR) is 55.2 cm³/mol. The summed E-state index contributed by atoms with van der Waals surface area (Å²) in [5.74, 6) is -0.259. The lowest BCUT2D eigenvalue weighted by atomic mass is 10.1. The van der Waals surface area contributed by atoms with Crippen molar-refractivity contribution in [2.75, 3.05) is 13.7 Å². The molecule has 0 aliphatic carbocycles. The molecule has 0 aliphatic rings. The van der Waals surface area contributed by atoms with Gasteiger partial charge in [0.1, 0.15) is 0 Å². The lowest BCUT2D eigenvalue weighted by Gasteiger charge is -2.04. The third-order valence-electron chi connectivity index (χ3n) is 1.82. The number of nitrogens with one attached hydrogen (secondary N) is 1. The molecule has 1 N–H and O–H groups in total. The molecule has 0 radical (unpaired) electrons. The summed E-state index contributed by atoms with van der Waals surface area (Å²) in [7, 11) is 1.87. The number of carbonyl (C=O) groups excluding carboxylic acids is 1. The SMILES string of the molecule is CCOC(=O)c1cccc(CNC)c1. The Hall–Kier alpha value is -1.35. The van der Waals surface area contributed by atoms with E-state index in [1.165, 1.54) is 0 Å². The van der Waals surface area contributed by atoms with Crippen molar-refractivity contribution in [3.8, 4) is 0 Å². The molecule has 1 rings (SSSR count). The molecule has 0 atom stereocenters. The topological polar surface area (TPSA) is 38.3 Å². The monoisotopic (exact) mass is 193 g/mol. The summed E-state index contributed by atoms with van der Waals surface area (Å²) in [6.45, 7) is 2.97. The quantitative estimate of drug-likeness (QED) is 0.738. The van der Waals surface area contributed by atoms with Gasteiger partial charge in [-0.15, -0.1) is 0 Å². The largest absolute Gasteiger partial charge is 0.462 e. The number of hydrogen-bond donors (Lipinski definition) is 1. The van der Waals surface area contributed by atoms with Crippen LogP contribution in [0.25, 0.3) is 0 Å². The minimum atomic E-state index is -0.259. The minimum absolute atomic E-state index is 0.259. The maximum absolute atomic E-state index is 11.4. The van der Waals surface area contributed by atoms with Crippen molar-refractivity contribution in [3.63, 3.8) is 0 Å². The molecule has 0 bridgehead atoms. The molecule has 14 heavy (non-hydrogen) atoms. The molecule has 0 spiro atoms. The normalized spacial score (nSPS) is 9.86. The smallest absolute Gasteiger partial charge is 0.338 e. The summed E-state index contributed by atoms with van der Waals surface area (Å²) >= 11 is 0. The fraction of sp³-hybridized carbons (Fsp3) is 0.364. The molecule has 0 unspecified atom stereocenters. The van der Waals surface area contributed by atoms with Gasteiger partial charge in [0, 0.05) is 6.54 Å². The van der Waals surface area contributed by atoms with E-state index in [-0.39, 0.29) is 5.97 Å². The van der Waals surface area contributed by atoms with Crippen LogP contribution in [-0.4, -0.2) is 19.6 Å². The van der Waals surface area contributed by atoms with Crippen LogP contribution in [0, 0.1) is 0 Å². The molecular formula is C11H15NO2. The first-order valence-corrected chi connectivity index (χ1v) is 4.68. The third kappa shape index (κ3) is 2.85. The van der Waals surface area contributed by atoms with Gasteiger partial charge in [-0.25, -0.2) is 4.79 Å². The van der Waals surface area contributed by atoms with Crippen molar-refractivity contribution in [2.24, 2.45) is 0 Å². The van der Waals surface area contributed by atoms with E-state index in [9.17, 15) is 4.79 Å². The number of rotatable bonds is 4. The van der Waals surface area contributed by atoms with Crippen LogP contribution in [0.5, 0.6) is 0 Å². The fourth-order valence-electron chi connectivity index (χ4n) is 1.23. The highest BCUT2D eigenvalue weighted by atomic mass is 16.5. The summed E-state index contributed by atoms with van der Waals surface area (Å²) < 4.78 is 4.90. The Morgan fingerprint density at radius 2 is 2.29 bits per heavy atom. The standard InChI is InChI=1S/C11H15NO2/c1-3-14-11(13)10-6-4-5-9(7-10)8-12-2/h4-7,12H,3,8H2,1-2H3. The molecule has 0 aromatic heterocycles. The Bertz CT molecular complexity index is 310. The summed E-state index contributed by atoms with van der Waals surface area (Å²) in [4.78, 5) is 11.4. The van der Waals surface area contributed by atoms with Gasteiger partial charge >= 0.3 is 5.97 Å². The van der Waals surface area contributed by atoms with Crippen molar-refractivity contribution in [3.05, 3.63) is 35.4 Å². The first-order chi connectivity index (χ1) is 6.77. The Balaban J connectivity index is 2.77. The zero-order chi connectivity index (χ0) is 10.4. The van der Waals surface area contributed by atoms with E-state index < -0.39 is 0 Å². The first kappa shape index (κ1) is 10.7. The molecule has 3 nitrogen and oxygen atoms in total. The Kier molecular flexibility index (Phi) is 4.13. The van der Waals surface area contributed by atoms with Crippen LogP contribution in [0.15, 0.2) is 24.3 Å². The van der Waals surface area contributed by atoms with Gasteiger partial charge in [-0.05, 0) is 31.7 Å². The molecule has 0 saturated heterocycles. The fourth-order valence-corrected chi connectivity index (χ4v) is 1.23. The summed E-state index contributed by atoms with van der Waals surface area (Å²) in [6.07, 6.45) is 0. The maximum Gasteiger partial charge on any atom is 0.338 e. The summed E-state index contributed by atoms with van der Waals surface area (Å²) in [6, 6.07) is 7.43. The van der Waals surface area contributed by atoms with E-state index >= 15 is 0 Å². The van der Waals surface area contributed by atoms with E-state index in [1.54, 1.807) is 13.0 Å². The second-order valence-corrected chi connectivity index (χ2v) is 2.95. The van der Waals surface area contributed by atoms with Crippen LogP contribution < -0.4 is 5.32 Å². The Labute approximate surface area is 84.1 Å². The second-order valence-electron chi connectivity index (χ2n) is 2.95. The zero-order valence-corrected chi connectivity index (χ0v) is 8.54. The number of carbonyl (C=O) groups is 1. The van der Waals surface area contributed by atoms with Crippen LogP contribution in [0.4, 0.5) is 0 Å². The van der Waals surface area contributed by atoms with Gasteiger partial charge in [0.25, 0.3) is 0 Å². The lowest BCUT2D eigenvalue weighted by molar-refractivity contribution is 0.0526. The molecular weight excluding hydrogens is 178 g/mol. The van der Waals surface area contributed by atoms with Gasteiger partial charge in [0.05, 0.1) is 12.2 Å². The van der Waals surface area contributed by atoms with Crippen LogP contribution in [-0.2, 0) is 11.3 Å². The van der Waals surface area contributed by atoms with Crippen molar-refractivity contribution in [1.29, 1.82) is 0 Å². The van der Waals surface area contributed by atoms with E-state index in [4.69, 9.17) is 4.74 Å². The predicted octanol–water partition coefficient (Wildman–Crippen LogP) is 1.58. The van der Waals surface area contributed by atoms with Crippen LogP contribution in [0.1, 0.15) is 22.8 Å². The molecule has 0 heterocycles. The highest BCUT2D eigenvalue weighted by molar-refractivity contribution is 5.89. The average molecular weight is 193 g/mol. The summed E-state index contributed by atoms with van der Waals surface area (Å²) in [5, 5.41) is 3.03. The van der Waals surface area contributed by atoms with E-state index in [2.05, 4.69) is 5.32 Å². The second kappa shape index (κ2) is 5.40. The van der Waals surface area contributed by atoms with Crippen LogP contribution >= 0.6 is 0 Å². The number of esters is 1. The lowest BCUT2D eigenvalue weighted by Crippen LogP contribution is -2.08. The molecule has 0 fully saturated rings. The average Bonchev–Trinajstić information content (AvgIpc) is 2.19. The highest BCUT2D eigenvalue weighted by Crippen LogP contribution is 2.06. The van der Waals surface area contributed by atoms with Crippen molar-refractivity contribution >= 4 is 5.97 Å². The van der Waals surface area contributed by atoms with Gasteiger partial charge in [-0.1, -0.05) is 12.1 Å². The Morgan fingerprint density at radius 3 is 2.93 bits per heavy atom. The molecule has 3 heteroatoms. The van der Waals surface area contributed by atoms with Crippen LogP contribution in [0.3, 0.4) is 0 Å². The first-order valence-electron chi connectivity index (χ1n) is 4.68. The van der Waals surface area contributed by atoms with Gasteiger partial charge in [-0.2, -0.15) is 0 Å². The molecule has 0 aliphatic heterocycles. The van der Waals surface area contributed by atoms with Gasteiger partial charge in [-0.3, -0.25) is 0 Å². The molecule has 76 valence electrons. The van der Waals surface area contributed by atoms with Gasteiger partial charge < -0.3 is 10.1 Å². The Morgan fingerprint density at radius 1 is 1.50 bits per heavy atom. The van der Waals surface area contributed by atoms with E-state index in [0.717, 1.165) is 12.1 Å². The third-order valence-corrected chi connectivity index (χ3v) is 1.82. The molecule has 0 amide bonds. The molecule has 1 aromatic rings. The highest BCUT2D eigenvalue weighted by Gasteiger charge is 2.05. The number of ether oxygens (including phenoxy) is 1. The van der Waals surface area contributed by atoms with E-state index in [1.807, 2.05) is 25.2 Å². The van der Waals surface area contributed by atoms with E-state index in [0.29, 0.717) is 12.2 Å². The number of benzene rings is 1. The maximum atomic E-state index is 11.4. The van der Waals surface area contributed by atoms with Crippen molar-refractivity contribution in [2.45, 2.75) is 13.5 Å². The van der Waals surface area contributed by atoms with Crippen LogP contribution in [0.2, 0.25) is 0 Å². The number of hydrogen-bond acceptors (Lipinski definition) is 3.